The number of piperidine rings is 1. The molecule has 1 aliphatic carbocycles. The van der Waals surface area contributed by atoms with Gasteiger partial charge < -0.3 is 10.2 Å². The van der Waals surface area contributed by atoms with Crippen molar-refractivity contribution in [3.8, 4) is 0 Å². The standard InChI is InChI=1S/C18H28N4O2/c1-2-3-4-17(23)20-15-7-9-21(10-8-15)16-11-18(24)22(19-12-16)13-14-5-6-14/h11-12,14-15H,2-10,13H2,1H3,(H,20,23). The number of unbranched alkanes of at least 4 members (excludes halogenated alkanes) is 1. The van der Waals surface area contributed by atoms with E-state index in [4.69, 9.17) is 0 Å². The lowest BCUT2D eigenvalue weighted by Crippen LogP contribution is -2.45. The van der Waals surface area contributed by atoms with E-state index in [0.29, 0.717) is 12.3 Å². The van der Waals surface area contributed by atoms with Crippen molar-refractivity contribution >= 4 is 11.6 Å². The molecular formula is C18H28N4O2. The molecule has 6 nitrogen and oxygen atoms in total. The van der Waals surface area contributed by atoms with E-state index in [0.717, 1.165) is 51.0 Å². The molecule has 24 heavy (non-hydrogen) atoms. The number of anilines is 1. The van der Waals surface area contributed by atoms with E-state index >= 15 is 0 Å². The fourth-order valence-electron chi connectivity index (χ4n) is 3.20. The van der Waals surface area contributed by atoms with Gasteiger partial charge in [-0.3, -0.25) is 9.59 Å². The van der Waals surface area contributed by atoms with Crippen LogP contribution in [0, 0.1) is 5.92 Å². The highest BCUT2D eigenvalue weighted by Crippen LogP contribution is 2.29. The second kappa shape index (κ2) is 7.81. The minimum absolute atomic E-state index is 0.00519. The zero-order valence-electron chi connectivity index (χ0n) is 14.5. The Morgan fingerprint density at radius 2 is 2.04 bits per heavy atom. The van der Waals surface area contributed by atoms with Crippen LogP contribution in [0.4, 0.5) is 5.69 Å². The van der Waals surface area contributed by atoms with Gasteiger partial charge in [-0.05, 0) is 38.0 Å². The molecule has 0 aromatic carbocycles. The monoisotopic (exact) mass is 332 g/mol. The number of amides is 1. The SMILES string of the molecule is CCCCC(=O)NC1CCN(c2cnn(CC3CC3)c(=O)c2)CC1. The van der Waals surface area contributed by atoms with Crippen LogP contribution >= 0.6 is 0 Å². The highest BCUT2D eigenvalue weighted by atomic mass is 16.1. The number of carbonyl (C=O) groups excluding carboxylic acids is 1. The third-order valence-corrected chi connectivity index (χ3v) is 4.97. The Labute approximate surface area is 143 Å². The number of nitrogens with zero attached hydrogens (tertiary/aromatic N) is 3. The molecule has 0 unspecified atom stereocenters. The summed E-state index contributed by atoms with van der Waals surface area (Å²) >= 11 is 0. The molecule has 6 heteroatoms. The quantitative estimate of drug-likeness (QED) is 0.828. The largest absolute Gasteiger partial charge is 0.370 e. The van der Waals surface area contributed by atoms with E-state index < -0.39 is 0 Å². The molecule has 0 bridgehead atoms. The highest BCUT2D eigenvalue weighted by molar-refractivity contribution is 5.76. The van der Waals surface area contributed by atoms with Crippen molar-refractivity contribution in [1.29, 1.82) is 0 Å². The van der Waals surface area contributed by atoms with E-state index in [1.807, 2.05) is 6.20 Å². The smallest absolute Gasteiger partial charge is 0.268 e. The van der Waals surface area contributed by atoms with E-state index in [1.54, 1.807) is 10.7 Å². The lowest BCUT2D eigenvalue weighted by Gasteiger charge is -2.33. The van der Waals surface area contributed by atoms with Crippen LogP contribution in [-0.2, 0) is 11.3 Å². The van der Waals surface area contributed by atoms with Crippen molar-refractivity contribution in [3.05, 3.63) is 22.6 Å². The van der Waals surface area contributed by atoms with Crippen molar-refractivity contribution in [2.24, 2.45) is 5.92 Å². The molecule has 1 aliphatic heterocycles. The minimum Gasteiger partial charge on any atom is -0.370 e. The Kier molecular flexibility index (Phi) is 5.53. The molecule has 1 amide bonds. The Morgan fingerprint density at radius 1 is 1.29 bits per heavy atom. The number of hydrogen-bond donors (Lipinski definition) is 1. The molecule has 0 spiro atoms. The van der Waals surface area contributed by atoms with Gasteiger partial charge in [0, 0.05) is 38.2 Å². The highest BCUT2D eigenvalue weighted by Gasteiger charge is 2.24. The summed E-state index contributed by atoms with van der Waals surface area (Å²) in [5.74, 6) is 0.813. The second-order valence-electron chi connectivity index (χ2n) is 7.11. The molecule has 1 aromatic heterocycles. The van der Waals surface area contributed by atoms with Gasteiger partial charge in [-0.15, -0.1) is 0 Å². The predicted octanol–water partition coefficient (Wildman–Crippen LogP) is 1.93. The van der Waals surface area contributed by atoms with Gasteiger partial charge in [0.15, 0.2) is 0 Å². The van der Waals surface area contributed by atoms with Crippen molar-refractivity contribution in [1.82, 2.24) is 15.1 Å². The summed E-state index contributed by atoms with van der Waals surface area (Å²) in [6.45, 7) is 4.56. The van der Waals surface area contributed by atoms with Crippen molar-refractivity contribution in [2.45, 2.75) is 64.5 Å². The normalized spacial score (nSPS) is 18.6. The molecule has 3 rings (SSSR count). The topological polar surface area (TPSA) is 67.2 Å². The summed E-state index contributed by atoms with van der Waals surface area (Å²) in [6.07, 6.45) is 8.70. The molecule has 0 radical (unpaired) electrons. The van der Waals surface area contributed by atoms with Crippen molar-refractivity contribution in [3.63, 3.8) is 0 Å². The minimum atomic E-state index is -0.00519. The lowest BCUT2D eigenvalue weighted by molar-refractivity contribution is -0.122. The second-order valence-corrected chi connectivity index (χ2v) is 7.11. The maximum Gasteiger partial charge on any atom is 0.268 e. The molecule has 2 heterocycles. The van der Waals surface area contributed by atoms with Crippen LogP contribution in [-0.4, -0.2) is 34.8 Å². The van der Waals surface area contributed by atoms with Gasteiger partial charge in [-0.1, -0.05) is 13.3 Å². The number of carbonyl (C=O) groups is 1. The van der Waals surface area contributed by atoms with Crippen LogP contribution in [0.1, 0.15) is 51.9 Å². The Morgan fingerprint density at radius 3 is 2.67 bits per heavy atom. The van der Waals surface area contributed by atoms with Crippen LogP contribution < -0.4 is 15.8 Å². The number of rotatable bonds is 7. The van der Waals surface area contributed by atoms with E-state index in [-0.39, 0.29) is 17.5 Å². The molecule has 0 atom stereocenters. The molecule has 1 saturated carbocycles. The first-order valence-electron chi connectivity index (χ1n) is 9.27. The Hall–Kier alpha value is -1.85. The van der Waals surface area contributed by atoms with Gasteiger partial charge in [0.05, 0.1) is 11.9 Å². The summed E-state index contributed by atoms with van der Waals surface area (Å²) in [4.78, 5) is 26.2. The van der Waals surface area contributed by atoms with E-state index in [1.165, 1.54) is 12.8 Å². The third kappa shape index (κ3) is 4.58. The first kappa shape index (κ1) is 17.0. The zero-order valence-corrected chi connectivity index (χ0v) is 14.5. The third-order valence-electron chi connectivity index (χ3n) is 4.97. The number of aromatic nitrogens is 2. The van der Waals surface area contributed by atoms with Crippen LogP contribution in [0.5, 0.6) is 0 Å². The summed E-state index contributed by atoms with van der Waals surface area (Å²) in [7, 11) is 0. The fourth-order valence-corrected chi connectivity index (χ4v) is 3.20. The molecule has 132 valence electrons. The lowest BCUT2D eigenvalue weighted by atomic mass is 10.0. The Balaban J connectivity index is 1.50. The van der Waals surface area contributed by atoms with Crippen molar-refractivity contribution in [2.75, 3.05) is 18.0 Å². The maximum atomic E-state index is 12.2. The molecule has 1 N–H and O–H groups in total. The maximum absolute atomic E-state index is 12.2. The molecule has 1 aromatic rings. The summed E-state index contributed by atoms with van der Waals surface area (Å²) in [6, 6.07) is 1.96. The van der Waals surface area contributed by atoms with E-state index in [9.17, 15) is 9.59 Å². The number of nitrogens with one attached hydrogen (secondary N) is 1. The summed E-state index contributed by atoms with van der Waals surface area (Å²) in [5.41, 5.74) is 0.900. The van der Waals surface area contributed by atoms with Crippen molar-refractivity contribution < 1.29 is 4.79 Å². The summed E-state index contributed by atoms with van der Waals surface area (Å²) in [5, 5.41) is 7.46. The molecular weight excluding hydrogens is 304 g/mol. The first-order chi connectivity index (χ1) is 11.7. The van der Waals surface area contributed by atoms with Crippen LogP contribution in [0.25, 0.3) is 0 Å². The summed E-state index contributed by atoms with van der Waals surface area (Å²) < 4.78 is 1.59. The molecule has 2 fully saturated rings. The average molecular weight is 332 g/mol. The van der Waals surface area contributed by atoms with Gasteiger partial charge in [0.25, 0.3) is 5.56 Å². The fraction of sp³-hybridized carbons (Fsp3) is 0.722. The van der Waals surface area contributed by atoms with Gasteiger partial charge in [0.1, 0.15) is 0 Å². The van der Waals surface area contributed by atoms with Gasteiger partial charge >= 0.3 is 0 Å². The zero-order chi connectivity index (χ0) is 16.9. The molecule has 1 saturated heterocycles. The first-order valence-corrected chi connectivity index (χ1v) is 9.27. The van der Waals surface area contributed by atoms with Crippen LogP contribution in [0.15, 0.2) is 17.1 Å². The number of hydrogen-bond acceptors (Lipinski definition) is 4. The van der Waals surface area contributed by atoms with Gasteiger partial charge in [0.2, 0.25) is 5.91 Å². The van der Waals surface area contributed by atoms with Gasteiger partial charge in [-0.25, -0.2) is 4.68 Å². The van der Waals surface area contributed by atoms with E-state index in [2.05, 4.69) is 22.2 Å². The van der Waals surface area contributed by atoms with Crippen LogP contribution in [0.2, 0.25) is 0 Å². The van der Waals surface area contributed by atoms with Gasteiger partial charge in [-0.2, -0.15) is 5.10 Å². The Bertz CT molecular complexity index is 616. The molecule has 2 aliphatic rings. The predicted molar refractivity (Wildman–Crippen MR) is 94.1 cm³/mol. The average Bonchev–Trinajstić information content (AvgIpc) is 3.40. The van der Waals surface area contributed by atoms with Crippen LogP contribution in [0.3, 0.4) is 0 Å².